The van der Waals surface area contributed by atoms with Crippen molar-refractivity contribution in [3.05, 3.63) is 22.4 Å². The van der Waals surface area contributed by atoms with Gasteiger partial charge < -0.3 is 20.5 Å². The first-order chi connectivity index (χ1) is 7.50. The largest absolute Gasteiger partial charge is 0.504 e. The quantitative estimate of drug-likeness (QED) is 0.700. The van der Waals surface area contributed by atoms with E-state index in [0.29, 0.717) is 0 Å². The Morgan fingerprint density at radius 1 is 1.38 bits per heavy atom. The molecule has 2 rings (SSSR count). The van der Waals surface area contributed by atoms with E-state index in [1.54, 1.807) is 0 Å². The fraction of sp³-hybridized carbons (Fsp3) is 0. The van der Waals surface area contributed by atoms with Crippen LogP contribution in [0.5, 0.6) is 11.5 Å². The maximum atomic E-state index is 13.7. The summed E-state index contributed by atoms with van der Waals surface area (Å²) in [4.78, 5) is 0. The van der Waals surface area contributed by atoms with E-state index in [9.17, 15) is 14.6 Å². The molecule has 0 aliphatic carbocycles. The third-order valence-corrected chi connectivity index (χ3v) is 2.52. The lowest BCUT2D eigenvalue weighted by molar-refractivity contribution is 0.393. The predicted octanol–water partition coefficient (Wildman–Crippen LogP) is 2.24. The first-order valence-electron chi connectivity index (χ1n) is 4.13. The maximum Gasteiger partial charge on any atom is 0.175 e. The summed E-state index contributed by atoms with van der Waals surface area (Å²) in [5.74, 6) is -1.89. The van der Waals surface area contributed by atoms with Gasteiger partial charge in [-0.3, -0.25) is 0 Å². The summed E-state index contributed by atoms with van der Waals surface area (Å²) in [6.45, 7) is 0. The molecule has 0 spiro atoms. The van der Waals surface area contributed by atoms with Crippen molar-refractivity contribution < 1.29 is 19.1 Å². The van der Waals surface area contributed by atoms with Gasteiger partial charge in [0.2, 0.25) is 0 Å². The summed E-state index contributed by atoms with van der Waals surface area (Å²) in [5.41, 5.74) is 5.01. The van der Waals surface area contributed by atoms with Crippen LogP contribution in [0.1, 0.15) is 0 Å². The van der Waals surface area contributed by atoms with Crippen molar-refractivity contribution in [2.75, 3.05) is 5.73 Å². The van der Waals surface area contributed by atoms with Gasteiger partial charge in [0.05, 0.1) is 4.47 Å². The van der Waals surface area contributed by atoms with Crippen molar-refractivity contribution in [3.8, 4) is 22.8 Å². The molecule has 0 saturated heterocycles. The zero-order chi connectivity index (χ0) is 11.9. The summed E-state index contributed by atoms with van der Waals surface area (Å²) in [6, 6.07) is 2.28. The second-order valence-corrected chi connectivity index (χ2v) is 3.89. The summed E-state index contributed by atoms with van der Waals surface area (Å²) in [6.07, 6.45) is 0. The van der Waals surface area contributed by atoms with E-state index in [1.807, 2.05) is 0 Å². The number of aromatic nitrogens is 1. The van der Waals surface area contributed by atoms with E-state index in [1.165, 1.54) is 6.07 Å². The zero-order valence-electron chi connectivity index (χ0n) is 7.74. The van der Waals surface area contributed by atoms with Gasteiger partial charge in [0, 0.05) is 12.1 Å². The smallest absolute Gasteiger partial charge is 0.175 e. The number of aromatic hydroxyl groups is 2. The van der Waals surface area contributed by atoms with Gasteiger partial charge >= 0.3 is 0 Å². The molecule has 0 atom stereocenters. The topological polar surface area (TPSA) is 92.5 Å². The molecule has 1 aromatic heterocycles. The minimum atomic E-state index is -0.772. The number of nitrogens with two attached hydrogens (primary N) is 1. The van der Waals surface area contributed by atoms with Gasteiger partial charge in [0.25, 0.3) is 0 Å². The van der Waals surface area contributed by atoms with Gasteiger partial charge in [0.1, 0.15) is 5.56 Å². The van der Waals surface area contributed by atoms with Crippen molar-refractivity contribution in [2.45, 2.75) is 0 Å². The minimum Gasteiger partial charge on any atom is -0.504 e. The van der Waals surface area contributed by atoms with Crippen LogP contribution in [0.2, 0.25) is 0 Å². The normalized spacial score (nSPS) is 10.6. The van der Waals surface area contributed by atoms with Crippen LogP contribution >= 0.6 is 15.9 Å². The van der Waals surface area contributed by atoms with Crippen LogP contribution in [0.4, 0.5) is 10.2 Å². The van der Waals surface area contributed by atoms with Gasteiger partial charge in [0.15, 0.2) is 28.9 Å². The number of phenolic OH excluding ortho intramolecular Hbond substituents is 2. The Bertz CT molecular complexity index is 530. The van der Waals surface area contributed by atoms with Crippen LogP contribution in [0, 0.1) is 5.82 Å². The van der Waals surface area contributed by atoms with E-state index >= 15 is 0 Å². The number of anilines is 1. The summed E-state index contributed by atoms with van der Waals surface area (Å²) in [7, 11) is 0. The third-order valence-electron chi connectivity index (χ3n) is 1.95. The molecular formula is C9H6BrFN2O3. The van der Waals surface area contributed by atoms with Crippen LogP contribution in [0.15, 0.2) is 21.1 Å². The number of phenols is 2. The minimum absolute atomic E-state index is 0.00669. The Labute approximate surface area is 97.4 Å². The van der Waals surface area contributed by atoms with Gasteiger partial charge in [-0.25, -0.2) is 4.39 Å². The van der Waals surface area contributed by atoms with Crippen LogP contribution in [0.3, 0.4) is 0 Å². The van der Waals surface area contributed by atoms with Crippen LogP contribution < -0.4 is 5.73 Å². The molecule has 0 bridgehead atoms. The number of nitrogens with zero attached hydrogens (tertiary/aromatic N) is 1. The van der Waals surface area contributed by atoms with Crippen molar-refractivity contribution in [3.63, 3.8) is 0 Å². The Balaban J connectivity index is 2.73. The average Bonchev–Trinajstić information content (AvgIpc) is 2.62. The Morgan fingerprint density at radius 2 is 2.06 bits per heavy atom. The highest BCUT2D eigenvalue weighted by Crippen LogP contribution is 2.42. The molecule has 84 valence electrons. The van der Waals surface area contributed by atoms with E-state index in [2.05, 4.69) is 21.1 Å². The highest BCUT2D eigenvalue weighted by Gasteiger charge is 2.21. The second-order valence-electron chi connectivity index (χ2n) is 3.03. The molecular weight excluding hydrogens is 283 g/mol. The molecule has 0 amide bonds. The number of hydrogen-bond donors (Lipinski definition) is 3. The van der Waals surface area contributed by atoms with Gasteiger partial charge in [-0.1, -0.05) is 5.16 Å². The number of halogens is 2. The standard InChI is InChI=1S/C9H6BrFN2O3/c10-3-1-4(14)9(15)7(8(3)11)5-2-6(12)13-16-5/h1-2,14-15H,(H2,12,13). The Kier molecular flexibility index (Phi) is 2.47. The van der Waals surface area contributed by atoms with Gasteiger partial charge in [-0.2, -0.15) is 0 Å². The molecule has 0 fully saturated rings. The molecule has 1 aromatic carbocycles. The molecule has 0 aliphatic rings. The van der Waals surface area contributed by atoms with Crippen LogP contribution in [-0.2, 0) is 0 Å². The molecule has 5 nitrogen and oxygen atoms in total. The Morgan fingerprint density at radius 3 is 2.62 bits per heavy atom. The van der Waals surface area contributed by atoms with Crippen molar-refractivity contribution in [1.29, 1.82) is 0 Å². The average molecular weight is 289 g/mol. The van der Waals surface area contributed by atoms with E-state index in [-0.39, 0.29) is 21.6 Å². The SMILES string of the molecule is Nc1cc(-c2c(O)c(O)cc(Br)c2F)on1. The molecule has 0 unspecified atom stereocenters. The maximum absolute atomic E-state index is 13.7. The van der Waals surface area contributed by atoms with Crippen molar-refractivity contribution in [1.82, 2.24) is 5.16 Å². The highest BCUT2D eigenvalue weighted by molar-refractivity contribution is 9.10. The molecule has 4 N–H and O–H groups in total. The predicted molar refractivity (Wildman–Crippen MR) is 57.3 cm³/mol. The number of benzene rings is 1. The lowest BCUT2D eigenvalue weighted by Gasteiger charge is -2.06. The fourth-order valence-corrected chi connectivity index (χ4v) is 1.65. The number of nitrogen functional groups attached to an aromatic ring is 1. The van der Waals surface area contributed by atoms with Crippen molar-refractivity contribution >= 4 is 21.7 Å². The summed E-state index contributed by atoms with van der Waals surface area (Å²) < 4.78 is 18.4. The highest BCUT2D eigenvalue weighted by atomic mass is 79.9. The number of rotatable bonds is 1. The first-order valence-corrected chi connectivity index (χ1v) is 4.92. The monoisotopic (exact) mass is 288 g/mol. The lowest BCUT2D eigenvalue weighted by Crippen LogP contribution is -1.87. The summed E-state index contributed by atoms with van der Waals surface area (Å²) in [5, 5.41) is 22.2. The first kappa shape index (κ1) is 10.7. The molecule has 2 aromatic rings. The molecule has 7 heteroatoms. The summed E-state index contributed by atoms with van der Waals surface area (Å²) >= 11 is 2.90. The van der Waals surface area contributed by atoms with E-state index in [4.69, 9.17) is 10.3 Å². The Hall–Kier alpha value is -1.76. The molecule has 16 heavy (non-hydrogen) atoms. The van der Waals surface area contributed by atoms with Crippen molar-refractivity contribution in [2.24, 2.45) is 0 Å². The van der Waals surface area contributed by atoms with Gasteiger partial charge in [-0.15, -0.1) is 0 Å². The second kappa shape index (κ2) is 3.67. The number of hydrogen-bond acceptors (Lipinski definition) is 5. The lowest BCUT2D eigenvalue weighted by atomic mass is 10.1. The van der Waals surface area contributed by atoms with Crippen LogP contribution in [0.25, 0.3) is 11.3 Å². The molecule has 0 aliphatic heterocycles. The molecule has 0 saturated carbocycles. The molecule has 0 radical (unpaired) electrons. The fourth-order valence-electron chi connectivity index (χ4n) is 1.23. The zero-order valence-corrected chi connectivity index (χ0v) is 9.32. The van der Waals surface area contributed by atoms with Gasteiger partial charge in [-0.05, 0) is 15.9 Å². The van der Waals surface area contributed by atoms with E-state index < -0.39 is 17.3 Å². The molecule has 1 heterocycles. The third kappa shape index (κ3) is 1.58. The van der Waals surface area contributed by atoms with Crippen LogP contribution in [-0.4, -0.2) is 15.4 Å². The van der Waals surface area contributed by atoms with E-state index in [0.717, 1.165) is 6.07 Å².